The van der Waals surface area contributed by atoms with Crippen molar-refractivity contribution in [2.75, 3.05) is 43.9 Å². The molecule has 0 aromatic rings. The molecule has 1 saturated carbocycles. The minimum Gasteiger partial charge on any atom is -0.355 e. The van der Waals surface area contributed by atoms with Gasteiger partial charge in [-0.3, -0.25) is 4.99 Å². The summed E-state index contributed by atoms with van der Waals surface area (Å²) in [6.07, 6.45) is 3.58. The highest BCUT2D eigenvalue weighted by molar-refractivity contribution is 14.0. The van der Waals surface area contributed by atoms with Gasteiger partial charge in [-0.1, -0.05) is 13.8 Å². The average Bonchev–Trinajstić information content (AvgIpc) is 2.53. The summed E-state index contributed by atoms with van der Waals surface area (Å²) in [7, 11) is -1.43. The second kappa shape index (κ2) is 11.2. The molecule has 2 fully saturated rings. The van der Waals surface area contributed by atoms with E-state index < -0.39 is 10.0 Å². The van der Waals surface area contributed by atoms with Crippen molar-refractivity contribution in [3.8, 4) is 0 Å². The molecular weight excluding hydrogens is 471 g/mol. The quantitative estimate of drug-likeness (QED) is 0.340. The number of aliphatic imine (C=N–C) groups is 1. The van der Waals surface area contributed by atoms with Crippen LogP contribution in [0.3, 0.4) is 0 Å². The first-order valence-electron chi connectivity index (χ1n) is 8.93. The maximum atomic E-state index is 12.3. The molecule has 1 saturated heterocycles. The Bertz CT molecular complexity index is 514. The van der Waals surface area contributed by atoms with Crippen molar-refractivity contribution in [2.45, 2.75) is 39.2 Å². The summed E-state index contributed by atoms with van der Waals surface area (Å²) in [6, 6.07) is 0.422. The summed E-state index contributed by atoms with van der Waals surface area (Å²) in [6.45, 7) is 6.26. The van der Waals surface area contributed by atoms with Crippen LogP contribution in [0.4, 0.5) is 0 Å². The summed E-state index contributed by atoms with van der Waals surface area (Å²) in [5.41, 5.74) is 0. The Balaban J connectivity index is 0.00000312. The Morgan fingerprint density at radius 3 is 2.32 bits per heavy atom. The zero-order chi connectivity index (χ0) is 17.6. The van der Waals surface area contributed by atoms with Gasteiger partial charge >= 0.3 is 0 Å². The highest BCUT2D eigenvalue weighted by Gasteiger charge is 2.25. The topological polar surface area (TPSA) is 73.8 Å². The fourth-order valence-electron chi connectivity index (χ4n) is 3.71. The number of hydrogen-bond donors (Lipinski definition) is 2. The van der Waals surface area contributed by atoms with Crippen LogP contribution in [0, 0.1) is 11.8 Å². The molecule has 6 nitrogen and oxygen atoms in total. The van der Waals surface area contributed by atoms with Crippen molar-refractivity contribution in [3.05, 3.63) is 0 Å². The van der Waals surface area contributed by atoms with Gasteiger partial charge in [-0.2, -0.15) is 11.8 Å². The standard InChI is InChI=1S/C16H32N4O2S2.HI/c1-13-10-14(2)12-15(11-13)19-16(17-3)18-4-9-24(21,22)20-5-7-23-8-6-20;/h13-15H,4-12H2,1-3H3,(H2,17,18,19);1H. The van der Waals surface area contributed by atoms with E-state index in [1.54, 1.807) is 11.4 Å². The first-order chi connectivity index (χ1) is 11.4. The van der Waals surface area contributed by atoms with Gasteiger partial charge in [0.15, 0.2) is 5.96 Å². The molecule has 0 amide bonds. The molecule has 0 radical (unpaired) electrons. The summed E-state index contributed by atoms with van der Waals surface area (Å²) >= 11 is 1.82. The van der Waals surface area contributed by atoms with E-state index >= 15 is 0 Å². The van der Waals surface area contributed by atoms with Gasteiger partial charge in [0, 0.05) is 44.2 Å². The summed E-state index contributed by atoms with van der Waals surface area (Å²) in [4.78, 5) is 4.25. The lowest BCUT2D eigenvalue weighted by atomic mass is 9.80. The van der Waals surface area contributed by atoms with Crippen LogP contribution in [0.25, 0.3) is 0 Å². The third-order valence-corrected chi connectivity index (χ3v) is 7.57. The number of guanidine groups is 1. The Labute approximate surface area is 174 Å². The van der Waals surface area contributed by atoms with Crippen molar-refractivity contribution >= 4 is 51.7 Å². The Morgan fingerprint density at radius 1 is 1.16 bits per heavy atom. The SMILES string of the molecule is CN=C(NCCS(=O)(=O)N1CCSCC1)NC1CC(C)CC(C)C1.I. The maximum Gasteiger partial charge on any atom is 0.215 e. The molecule has 0 spiro atoms. The van der Waals surface area contributed by atoms with Crippen LogP contribution < -0.4 is 10.6 Å². The first kappa shape index (κ1) is 23.3. The van der Waals surface area contributed by atoms with E-state index in [0.717, 1.165) is 36.2 Å². The molecule has 2 unspecified atom stereocenters. The van der Waals surface area contributed by atoms with Crippen LogP contribution in [0.1, 0.15) is 33.1 Å². The largest absolute Gasteiger partial charge is 0.355 e. The first-order valence-corrected chi connectivity index (χ1v) is 11.7. The molecule has 2 atom stereocenters. The van der Waals surface area contributed by atoms with E-state index in [2.05, 4.69) is 29.5 Å². The lowest BCUT2D eigenvalue weighted by Crippen LogP contribution is -2.48. The maximum absolute atomic E-state index is 12.3. The van der Waals surface area contributed by atoms with Crippen LogP contribution in [-0.2, 0) is 10.0 Å². The molecule has 1 aliphatic carbocycles. The van der Waals surface area contributed by atoms with E-state index in [1.165, 1.54) is 6.42 Å². The van der Waals surface area contributed by atoms with E-state index in [9.17, 15) is 8.42 Å². The number of sulfonamides is 1. The van der Waals surface area contributed by atoms with Crippen LogP contribution in [-0.4, -0.2) is 68.7 Å². The molecule has 0 aromatic heterocycles. The van der Waals surface area contributed by atoms with Gasteiger partial charge in [0.05, 0.1) is 5.75 Å². The molecule has 25 heavy (non-hydrogen) atoms. The van der Waals surface area contributed by atoms with Crippen LogP contribution in [0.5, 0.6) is 0 Å². The van der Waals surface area contributed by atoms with Gasteiger partial charge in [0.2, 0.25) is 10.0 Å². The Hall–Kier alpha value is 0.260. The smallest absolute Gasteiger partial charge is 0.215 e. The molecule has 148 valence electrons. The van der Waals surface area contributed by atoms with Crippen LogP contribution in [0.15, 0.2) is 4.99 Å². The molecule has 2 rings (SSSR count). The van der Waals surface area contributed by atoms with E-state index in [0.29, 0.717) is 31.6 Å². The minimum atomic E-state index is -3.16. The van der Waals surface area contributed by atoms with Gasteiger partial charge in [-0.15, -0.1) is 24.0 Å². The van der Waals surface area contributed by atoms with Gasteiger partial charge in [-0.05, 0) is 31.1 Å². The monoisotopic (exact) mass is 504 g/mol. The summed E-state index contributed by atoms with van der Waals surface area (Å²) < 4.78 is 26.3. The zero-order valence-electron chi connectivity index (χ0n) is 15.5. The zero-order valence-corrected chi connectivity index (χ0v) is 19.5. The predicted octanol–water partition coefficient (Wildman–Crippen LogP) is 1.97. The van der Waals surface area contributed by atoms with E-state index in [-0.39, 0.29) is 29.7 Å². The average molecular weight is 505 g/mol. The molecule has 1 heterocycles. The van der Waals surface area contributed by atoms with E-state index in [1.807, 2.05) is 11.8 Å². The molecule has 2 aliphatic rings. The van der Waals surface area contributed by atoms with E-state index in [4.69, 9.17) is 0 Å². The molecule has 9 heteroatoms. The normalized spacial score (nSPS) is 28.9. The highest BCUT2D eigenvalue weighted by atomic mass is 127. The molecule has 0 aromatic carbocycles. The lowest BCUT2D eigenvalue weighted by molar-refractivity contribution is 0.255. The Morgan fingerprint density at radius 2 is 1.76 bits per heavy atom. The third-order valence-electron chi connectivity index (χ3n) is 4.76. The van der Waals surface area contributed by atoms with Gasteiger partial charge < -0.3 is 10.6 Å². The molecule has 0 bridgehead atoms. The van der Waals surface area contributed by atoms with Crippen LogP contribution >= 0.6 is 35.7 Å². The van der Waals surface area contributed by atoms with Crippen LogP contribution in [0.2, 0.25) is 0 Å². The van der Waals surface area contributed by atoms with Crippen molar-refractivity contribution in [3.63, 3.8) is 0 Å². The van der Waals surface area contributed by atoms with Crippen molar-refractivity contribution < 1.29 is 8.42 Å². The number of halogens is 1. The minimum absolute atomic E-state index is 0. The Kier molecular flexibility index (Phi) is 10.4. The predicted molar refractivity (Wildman–Crippen MR) is 119 cm³/mol. The highest BCUT2D eigenvalue weighted by Crippen LogP contribution is 2.28. The fourth-order valence-corrected chi connectivity index (χ4v) is 6.20. The number of thioether (sulfide) groups is 1. The van der Waals surface area contributed by atoms with Gasteiger partial charge in [0.25, 0.3) is 0 Å². The fraction of sp³-hybridized carbons (Fsp3) is 0.938. The number of nitrogens with zero attached hydrogens (tertiary/aromatic N) is 2. The molecule has 1 aliphatic heterocycles. The second-order valence-corrected chi connectivity index (χ2v) is 10.4. The van der Waals surface area contributed by atoms with Crippen molar-refractivity contribution in [1.82, 2.24) is 14.9 Å². The van der Waals surface area contributed by atoms with Crippen molar-refractivity contribution in [2.24, 2.45) is 16.8 Å². The number of hydrogen-bond acceptors (Lipinski definition) is 4. The number of nitrogens with one attached hydrogen (secondary N) is 2. The third kappa shape index (κ3) is 7.80. The van der Waals surface area contributed by atoms with Crippen molar-refractivity contribution in [1.29, 1.82) is 0 Å². The van der Waals surface area contributed by atoms with Gasteiger partial charge in [0.1, 0.15) is 0 Å². The second-order valence-electron chi connectivity index (χ2n) is 7.09. The molecule has 2 N–H and O–H groups in total. The number of rotatable bonds is 5. The van der Waals surface area contributed by atoms with Gasteiger partial charge in [-0.25, -0.2) is 12.7 Å². The summed E-state index contributed by atoms with van der Waals surface area (Å²) in [5.74, 6) is 4.08. The molecular formula is C16H33IN4O2S2. The lowest BCUT2D eigenvalue weighted by Gasteiger charge is -2.33. The summed E-state index contributed by atoms with van der Waals surface area (Å²) in [5, 5.41) is 6.63.